The van der Waals surface area contributed by atoms with Gasteiger partial charge in [0.15, 0.2) is 0 Å². The highest BCUT2D eigenvalue weighted by Crippen LogP contribution is 2.34. The Labute approximate surface area is 111 Å². The molecular weight excluding hydrogens is 248 g/mol. The summed E-state index contributed by atoms with van der Waals surface area (Å²) in [6, 6.07) is 0.584. The third-order valence-corrected chi connectivity index (χ3v) is 5.98. The lowest BCUT2D eigenvalue weighted by Crippen LogP contribution is -2.36. The van der Waals surface area contributed by atoms with Crippen LogP contribution >= 0.6 is 0 Å². The SMILES string of the molecule is CC(C)(C)C1CCN(S(=O)(=O)CCNC2CC2)C1. The lowest BCUT2D eigenvalue weighted by molar-refractivity contribution is 0.252. The maximum atomic E-state index is 12.2. The molecule has 2 fully saturated rings. The first kappa shape index (κ1) is 14.3. The molecule has 106 valence electrons. The summed E-state index contributed by atoms with van der Waals surface area (Å²) in [5.74, 6) is 0.740. The molecule has 1 atom stereocenters. The van der Waals surface area contributed by atoms with Crippen molar-refractivity contribution in [1.29, 1.82) is 0 Å². The van der Waals surface area contributed by atoms with Gasteiger partial charge in [0, 0.05) is 25.7 Å². The molecule has 1 unspecified atom stereocenters. The van der Waals surface area contributed by atoms with Crippen LogP contribution < -0.4 is 5.32 Å². The number of nitrogens with zero attached hydrogens (tertiary/aromatic N) is 1. The van der Waals surface area contributed by atoms with Crippen LogP contribution in [-0.2, 0) is 10.0 Å². The van der Waals surface area contributed by atoms with Gasteiger partial charge < -0.3 is 5.32 Å². The molecule has 2 rings (SSSR count). The molecule has 1 saturated heterocycles. The van der Waals surface area contributed by atoms with Crippen molar-refractivity contribution in [2.75, 3.05) is 25.4 Å². The van der Waals surface area contributed by atoms with Gasteiger partial charge in [-0.05, 0) is 30.6 Å². The van der Waals surface area contributed by atoms with E-state index in [2.05, 4.69) is 26.1 Å². The molecule has 5 heteroatoms. The van der Waals surface area contributed by atoms with E-state index in [1.807, 2.05) is 0 Å². The van der Waals surface area contributed by atoms with Crippen molar-refractivity contribution in [1.82, 2.24) is 9.62 Å². The first-order valence-corrected chi connectivity index (χ1v) is 8.61. The number of hydrogen-bond acceptors (Lipinski definition) is 3. The topological polar surface area (TPSA) is 49.4 Å². The fraction of sp³-hybridized carbons (Fsp3) is 1.00. The molecule has 0 spiro atoms. The van der Waals surface area contributed by atoms with Gasteiger partial charge in [-0.1, -0.05) is 20.8 Å². The van der Waals surface area contributed by atoms with Gasteiger partial charge in [0.1, 0.15) is 0 Å². The quantitative estimate of drug-likeness (QED) is 0.825. The molecule has 1 heterocycles. The smallest absolute Gasteiger partial charge is 0.215 e. The van der Waals surface area contributed by atoms with Crippen molar-refractivity contribution < 1.29 is 8.42 Å². The van der Waals surface area contributed by atoms with E-state index >= 15 is 0 Å². The van der Waals surface area contributed by atoms with Crippen LogP contribution in [0.25, 0.3) is 0 Å². The van der Waals surface area contributed by atoms with Crippen molar-refractivity contribution >= 4 is 10.0 Å². The Morgan fingerprint density at radius 2 is 1.89 bits per heavy atom. The lowest BCUT2D eigenvalue weighted by Gasteiger charge is -2.26. The number of hydrogen-bond donors (Lipinski definition) is 1. The van der Waals surface area contributed by atoms with E-state index in [0.29, 0.717) is 31.6 Å². The number of sulfonamides is 1. The van der Waals surface area contributed by atoms with Crippen LogP contribution in [0.4, 0.5) is 0 Å². The second-order valence-corrected chi connectivity index (χ2v) is 8.84. The number of nitrogens with one attached hydrogen (secondary N) is 1. The summed E-state index contributed by atoms with van der Waals surface area (Å²) in [7, 11) is -3.05. The molecule has 1 aliphatic heterocycles. The largest absolute Gasteiger partial charge is 0.313 e. The van der Waals surface area contributed by atoms with E-state index in [9.17, 15) is 8.42 Å². The third-order valence-electron chi connectivity index (χ3n) is 4.14. The van der Waals surface area contributed by atoms with Gasteiger partial charge in [-0.15, -0.1) is 0 Å². The van der Waals surface area contributed by atoms with Gasteiger partial charge in [-0.2, -0.15) is 0 Å². The summed E-state index contributed by atoms with van der Waals surface area (Å²) < 4.78 is 26.1. The van der Waals surface area contributed by atoms with E-state index in [1.165, 1.54) is 12.8 Å². The van der Waals surface area contributed by atoms with E-state index in [1.54, 1.807) is 4.31 Å². The highest BCUT2D eigenvalue weighted by molar-refractivity contribution is 7.89. The predicted octanol–water partition coefficient (Wildman–Crippen LogP) is 1.44. The summed E-state index contributed by atoms with van der Waals surface area (Å²) in [6.45, 7) is 8.60. The van der Waals surface area contributed by atoms with Gasteiger partial charge in [0.25, 0.3) is 0 Å². The molecule has 0 aromatic carbocycles. The summed E-state index contributed by atoms with van der Waals surface area (Å²) in [6.07, 6.45) is 3.41. The highest BCUT2D eigenvalue weighted by Gasteiger charge is 2.36. The molecule has 2 aliphatic rings. The summed E-state index contributed by atoms with van der Waals surface area (Å²) >= 11 is 0. The van der Waals surface area contributed by atoms with Crippen LogP contribution in [0, 0.1) is 11.3 Å². The lowest BCUT2D eigenvalue weighted by atomic mass is 9.80. The average molecular weight is 274 g/mol. The second kappa shape index (κ2) is 5.10. The van der Waals surface area contributed by atoms with Gasteiger partial charge in [0.05, 0.1) is 5.75 Å². The highest BCUT2D eigenvalue weighted by atomic mass is 32.2. The first-order valence-electron chi connectivity index (χ1n) is 7.00. The van der Waals surface area contributed by atoms with Gasteiger partial charge >= 0.3 is 0 Å². The third kappa shape index (κ3) is 3.68. The number of rotatable bonds is 5. The van der Waals surface area contributed by atoms with Crippen LogP contribution in [-0.4, -0.2) is 44.2 Å². The van der Waals surface area contributed by atoms with Crippen molar-refractivity contribution in [3.63, 3.8) is 0 Å². The Hall–Kier alpha value is -0.130. The maximum absolute atomic E-state index is 12.2. The molecule has 18 heavy (non-hydrogen) atoms. The van der Waals surface area contributed by atoms with E-state index in [0.717, 1.165) is 6.42 Å². The summed E-state index contributed by atoms with van der Waals surface area (Å²) in [5.41, 5.74) is 0.205. The second-order valence-electron chi connectivity index (χ2n) is 6.75. The fourth-order valence-electron chi connectivity index (χ4n) is 2.50. The molecule has 1 saturated carbocycles. The van der Waals surface area contributed by atoms with Crippen molar-refractivity contribution in [2.24, 2.45) is 11.3 Å². The van der Waals surface area contributed by atoms with Crippen molar-refractivity contribution in [3.8, 4) is 0 Å². The first-order chi connectivity index (χ1) is 8.29. The van der Waals surface area contributed by atoms with E-state index in [4.69, 9.17) is 0 Å². The van der Waals surface area contributed by atoms with Gasteiger partial charge in [-0.25, -0.2) is 12.7 Å². The molecule has 0 aromatic rings. The summed E-state index contributed by atoms with van der Waals surface area (Å²) in [5, 5.41) is 3.27. The molecule has 0 bridgehead atoms. The Bertz CT molecular complexity index is 382. The van der Waals surface area contributed by atoms with Gasteiger partial charge in [0.2, 0.25) is 10.0 Å². The molecule has 0 radical (unpaired) electrons. The van der Waals surface area contributed by atoms with Crippen LogP contribution in [0.15, 0.2) is 0 Å². The zero-order chi connectivity index (χ0) is 13.4. The van der Waals surface area contributed by atoms with Crippen LogP contribution in [0.5, 0.6) is 0 Å². The minimum atomic E-state index is -3.05. The zero-order valence-corrected chi connectivity index (χ0v) is 12.6. The molecule has 4 nitrogen and oxygen atoms in total. The monoisotopic (exact) mass is 274 g/mol. The minimum absolute atomic E-state index is 0.205. The zero-order valence-electron chi connectivity index (χ0n) is 11.8. The predicted molar refractivity (Wildman–Crippen MR) is 73.9 cm³/mol. The maximum Gasteiger partial charge on any atom is 0.215 e. The average Bonchev–Trinajstić information content (AvgIpc) is 2.91. The van der Waals surface area contributed by atoms with Crippen LogP contribution in [0.2, 0.25) is 0 Å². The summed E-state index contributed by atoms with van der Waals surface area (Å²) in [4.78, 5) is 0. The van der Waals surface area contributed by atoms with E-state index in [-0.39, 0.29) is 11.2 Å². The van der Waals surface area contributed by atoms with Gasteiger partial charge in [-0.3, -0.25) is 0 Å². The van der Waals surface area contributed by atoms with Crippen molar-refractivity contribution in [3.05, 3.63) is 0 Å². The molecule has 1 N–H and O–H groups in total. The Morgan fingerprint density at radius 3 is 2.39 bits per heavy atom. The molecule has 0 aromatic heterocycles. The van der Waals surface area contributed by atoms with E-state index < -0.39 is 10.0 Å². The van der Waals surface area contributed by atoms with Crippen LogP contribution in [0.1, 0.15) is 40.0 Å². The standard InChI is InChI=1S/C13H26N2O2S/c1-13(2,3)11-6-8-15(10-11)18(16,17)9-7-14-12-4-5-12/h11-12,14H,4-10H2,1-3H3. The van der Waals surface area contributed by atoms with Crippen LogP contribution in [0.3, 0.4) is 0 Å². The minimum Gasteiger partial charge on any atom is -0.313 e. The molecular formula is C13H26N2O2S. The van der Waals surface area contributed by atoms with Crippen molar-refractivity contribution in [2.45, 2.75) is 46.1 Å². The molecule has 0 amide bonds. The normalized spacial score (nSPS) is 26.7. The Balaban J connectivity index is 1.82. The fourth-order valence-corrected chi connectivity index (χ4v) is 3.92. The Kier molecular flexibility index (Phi) is 4.04. The Morgan fingerprint density at radius 1 is 1.22 bits per heavy atom. The molecule has 1 aliphatic carbocycles.